The number of rotatable bonds is 8. The van der Waals surface area contributed by atoms with Crippen LogP contribution in [0.15, 0.2) is 24.3 Å². The highest BCUT2D eigenvalue weighted by Crippen LogP contribution is 2.29. The molecule has 6 nitrogen and oxygen atoms in total. The van der Waals surface area contributed by atoms with Gasteiger partial charge in [0.2, 0.25) is 5.91 Å². The SMILES string of the molecule is CC[C@@H]1CN(C(=O)Nc2cccc(OC)c2)CC[C@H]1CC(=O)NCCSC. The minimum Gasteiger partial charge on any atom is -0.497 e. The van der Waals surface area contributed by atoms with E-state index in [1.54, 1.807) is 24.9 Å². The average molecular weight is 394 g/mol. The van der Waals surface area contributed by atoms with Gasteiger partial charge in [-0.2, -0.15) is 11.8 Å². The van der Waals surface area contributed by atoms with Gasteiger partial charge in [0.1, 0.15) is 5.75 Å². The van der Waals surface area contributed by atoms with Gasteiger partial charge < -0.3 is 20.3 Å². The predicted octanol–water partition coefficient (Wildman–Crippen LogP) is 3.44. The molecule has 2 atom stereocenters. The number of thioether (sulfide) groups is 1. The van der Waals surface area contributed by atoms with E-state index in [2.05, 4.69) is 17.6 Å². The molecule has 27 heavy (non-hydrogen) atoms. The molecule has 150 valence electrons. The van der Waals surface area contributed by atoms with Crippen molar-refractivity contribution in [3.63, 3.8) is 0 Å². The van der Waals surface area contributed by atoms with E-state index >= 15 is 0 Å². The molecule has 1 fully saturated rings. The van der Waals surface area contributed by atoms with Crippen LogP contribution in [0.3, 0.4) is 0 Å². The lowest BCUT2D eigenvalue weighted by Gasteiger charge is -2.38. The van der Waals surface area contributed by atoms with Crippen molar-refractivity contribution in [1.82, 2.24) is 10.2 Å². The Labute approximate surface area is 166 Å². The molecule has 2 N–H and O–H groups in total. The Bertz CT molecular complexity index is 626. The molecule has 1 heterocycles. The topological polar surface area (TPSA) is 70.7 Å². The minimum absolute atomic E-state index is 0.0930. The molecular formula is C20H31N3O3S. The van der Waals surface area contributed by atoms with Crippen LogP contribution >= 0.6 is 11.8 Å². The summed E-state index contributed by atoms with van der Waals surface area (Å²) in [6.45, 7) is 4.22. The van der Waals surface area contributed by atoms with Crippen LogP contribution in [0.5, 0.6) is 5.75 Å². The van der Waals surface area contributed by atoms with Gasteiger partial charge in [0.05, 0.1) is 7.11 Å². The minimum atomic E-state index is -0.0930. The van der Waals surface area contributed by atoms with Gasteiger partial charge >= 0.3 is 6.03 Å². The van der Waals surface area contributed by atoms with Gasteiger partial charge in [-0.05, 0) is 36.6 Å². The van der Waals surface area contributed by atoms with E-state index in [0.717, 1.165) is 30.8 Å². The van der Waals surface area contributed by atoms with Crippen LogP contribution in [0.25, 0.3) is 0 Å². The Morgan fingerprint density at radius 2 is 2.15 bits per heavy atom. The van der Waals surface area contributed by atoms with Crippen molar-refractivity contribution in [3.8, 4) is 5.75 Å². The number of hydrogen-bond acceptors (Lipinski definition) is 4. The summed E-state index contributed by atoms with van der Waals surface area (Å²) in [5.74, 6) is 2.46. The molecule has 7 heteroatoms. The van der Waals surface area contributed by atoms with E-state index in [0.29, 0.717) is 37.1 Å². The zero-order valence-corrected chi connectivity index (χ0v) is 17.3. The van der Waals surface area contributed by atoms with Gasteiger partial charge in [0, 0.05) is 43.6 Å². The summed E-state index contributed by atoms with van der Waals surface area (Å²) < 4.78 is 5.20. The van der Waals surface area contributed by atoms with Gasteiger partial charge in [0.15, 0.2) is 0 Å². The number of carbonyl (C=O) groups excluding carboxylic acids is 2. The van der Waals surface area contributed by atoms with Crippen LogP contribution in [-0.2, 0) is 4.79 Å². The van der Waals surface area contributed by atoms with Gasteiger partial charge in [-0.3, -0.25) is 4.79 Å². The van der Waals surface area contributed by atoms with Crippen molar-refractivity contribution < 1.29 is 14.3 Å². The van der Waals surface area contributed by atoms with Gasteiger partial charge in [-0.1, -0.05) is 19.4 Å². The highest BCUT2D eigenvalue weighted by molar-refractivity contribution is 7.98. The zero-order valence-electron chi connectivity index (χ0n) is 16.5. The molecule has 1 aliphatic rings. The number of methoxy groups -OCH3 is 1. The molecule has 1 aliphatic heterocycles. The largest absolute Gasteiger partial charge is 0.497 e. The molecule has 0 aliphatic carbocycles. The molecule has 0 radical (unpaired) electrons. The van der Waals surface area contributed by atoms with E-state index in [1.165, 1.54) is 0 Å². The average Bonchev–Trinajstić information content (AvgIpc) is 2.68. The number of hydrogen-bond donors (Lipinski definition) is 2. The Morgan fingerprint density at radius 3 is 2.85 bits per heavy atom. The molecule has 0 bridgehead atoms. The lowest BCUT2D eigenvalue weighted by Crippen LogP contribution is -2.46. The van der Waals surface area contributed by atoms with E-state index in [1.807, 2.05) is 29.4 Å². The Morgan fingerprint density at radius 1 is 1.33 bits per heavy atom. The summed E-state index contributed by atoms with van der Waals surface area (Å²) in [4.78, 5) is 26.6. The number of nitrogens with one attached hydrogen (secondary N) is 2. The first-order valence-electron chi connectivity index (χ1n) is 9.53. The molecule has 3 amide bonds. The first kappa shape index (κ1) is 21.4. The van der Waals surface area contributed by atoms with Crippen LogP contribution in [-0.4, -0.2) is 55.6 Å². The third-order valence-corrected chi connectivity index (χ3v) is 5.71. The molecule has 1 aromatic carbocycles. The molecule has 2 rings (SSSR count). The smallest absolute Gasteiger partial charge is 0.321 e. The fourth-order valence-corrected chi connectivity index (χ4v) is 3.81. The second kappa shape index (κ2) is 11.1. The maximum absolute atomic E-state index is 12.6. The Kier molecular flexibility index (Phi) is 8.78. The van der Waals surface area contributed by atoms with E-state index in [-0.39, 0.29) is 11.9 Å². The van der Waals surface area contributed by atoms with Crippen LogP contribution in [0, 0.1) is 11.8 Å². The summed E-state index contributed by atoms with van der Waals surface area (Å²) in [6.07, 6.45) is 4.41. The number of urea groups is 1. The summed E-state index contributed by atoms with van der Waals surface area (Å²) in [5, 5.41) is 5.93. The number of likely N-dealkylation sites (tertiary alicyclic amines) is 1. The zero-order chi connectivity index (χ0) is 19.6. The third kappa shape index (κ3) is 6.65. The monoisotopic (exact) mass is 393 g/mol. The molecule has 0 saturated carbocycles. The molecule has 0 unspecified atom stereocenters. The van der Waals surface area contributed by atoms with Crippen LogP contribution in [0.4, 0.5) is 10.5 Å². The van der Waals surface area contributed by atoms with Crippen LogP contribution in [0.2, 0.25) is 0 Å². The van der Waals surface area contributed by atoms with Crippen molar-refractivity contribution in [2.24, 2.45) is 11.8 Å². The van der Waals surface area contributed by atoms with Crippen molar-refractivity contribution in [2.75, 3.05) is 44.1 Å². The molecule has 0 aromatic heterocycles. The summed E-state index contributed by atoms with van der Waals surface area (Å²) in [6, 6.07) is 7.26. The Hall–Kier alpha value is -1.89. The first-order valence-corrected chi connectivity index (χ1v) is 10.9. The summed E-state index contributed by atoms with van der Waals surface area (Å²) >= 11 is 1.73. The van der Waals surface area contributed by atoms with Gasteiger partial charge in [0.25, 0.3) is 0 Å². The number of anilines is 1. The fourth-order valence-electron chi connectivity index (χ4n) is 3.50. The van der Waals surface area contributed by atoms with Gasteiger partial charge in [-0.15, -0.1) is 0 Å². The van der Waals surface area contributed by atoms with Crippen LogP contribution < -0.4 is 15.4 Å². The standard InChI is InChI=1S/C20H31N3O3S/c1-4-15-14-23(10-8-16(15)12-19(24)21-9-11-27-3)20(25)22-17-6-5-7-18(13-17)26-2/h5-7,13,15-16H,4,8-12,14H2,1-3H3,(H,21,24)(H,22,25)/t15-,16+/m1/s1. The quantitative estimate of drug-likeness (QED) is 0.664. The number of nitrogens with zero attached hydrogens (tertiary/aromatic N) is 1. The van der Waals surface area contributed by atoms with E-state index in [9.17, 15) is 9.59 Å². The second-order valence-corrected chi connectivity index (χ2v) is 7.86. The number of amides is 3. The van der Waals surface area contributed by atoms with Crippen molar-refractivity contribution >= 4 is 29.4 Å². The Balaban J connectivity index is 1.87. The maximum atomic E-state index is 12.6. The lowest BCUT2D eigenvalue weighted by atomic mass is 9.81. The van der Waals surface area contributed by atoms with Crippen molar-refractivity contribution in [3.05, 3.63) is 24.3 Å². The van der Waals surface area contributed by atoms with Crippen molar-refractivity contribution in [1.29, 1.82) is 0 Å². The number of carbonyl (C=O) groups is 2. The maximum Gasteiger partial charge on any atom is 0.321 e. The number of ether oxygens (including phenoxy) is 1. The second-order valence-electron chi connectivity index (χ2n) is 6.87. The third-order valence-electron chi connectivity index (χ3n) is 5.10. The number of piperidine rings is 1. The van der Waals surface area contributed by atoms with Crippen LogP contribution in [0.1, 0.15) is 26.2 Å². The molecule has 1 aromatic rings. The molecule has 0 spiro atoms. The highest BCUT2D eigenvalue weighted by Gasteiger charge is 2.31. The summed E-state index contributed by atoms with van der Waals surface area (Å²) in [7, 11) is 1.61. The fraction of sp³-hybridized carbons (Fsp3) is 0.600. The first-order chi connectivity index (χ1) is 13.1. The van der Waals surface area contributed by atoms with E-state index in [4.69, 9.17) is 4.74 Å². The lowest BCUT2D eigenvalue weighted by molar-refractivity contribution is -0.122. The van der Waals surface area contributed by atoms with Gasteiger partial charge in [-0.25, -0.2) is 4.79 Å². The molecule has 1 saturated heterocycles. The number of benzene rings is 1. The predicted molar refractivity (Wildman–Crippen MR) is 111 cm³/mol. The normalized spacial score (nSPS) is 19.4. The van der Waals surface area contributed by atoms with E-state index < -0.39 is 0 Å². The van der Waals surface area contributed by atoms with Crippen molar-refractivity contribution in [2.45, 2.75) is 26.2 Å². The summed E-state index contributed by atoms with van der Waals surface area (Å²) in [5.41, 5.74) is 0.725. The highest BCUT2D eigenvalue weighted by atomic mass is 32.2. The molecular weight excluding hydrogens is 362 g/mol.